The third-order valence-electron chi connectivity index (χ3n) is 2.32. The van der Waals surface area contributed by atoms with E-state index >= 15 is 0 Å². The Balaban J connectivity index is 2.74. The molecule has 2 nitrogen and oxygen atoms in total. The van der Waals surface area contributed by atoms with Gasteiger partial charge in [0.1, 0.15) is 6.54 Å². The van der Waals surface area contributed by atoms with Crippen molar-refractivity contribution in [2.75, 3.05) is 13.1 Å². The second-order valence-electron chi connectivity index (χ2n) is 4.01. The fraction of sp³-hybridized carbons (Fsp3) is 0.214. The first-order valence-corrected chi connectivity index (χ1v) is 6.10. The van der Waals surface area contributed by atoms with Crippen LogP contribution in [0.15, 0.2) is 43.0 Å². The summed E-state index contributed by atoms with van der Waals surface area (Å²) in [5, 5.41) is 0.541. The summed E-state index contributed by atoms with van der Waals surface area (Å²) in [5.41, 5.74) is 0.674. The second kappa shape index (κ2) is 7.14. The van der Waals surface area contributed by atoms with Crippen molar-refractivity contribution in [2.24, 2.45) is 0 Å². The minimum absolute atomic E-state index is 0.163. The monoisotopic (exact) mass is 303 g/mol. The molecule has 0 saturated carbocycles. The van der Waals surface area contributed by atoms with Crippen molar-refractivity contribution in [1.82, 2.24) is 4.90 Å². The number of hydrogen-bond donors (Lipinski definition) is 0. The van der Waals surface area contributed by atoms with Crippen LogP contribution in [0, 0.1) is 0 Å². The molecular formula is C14H13ClF3NO. The van der Waals surface area contributed by atoms with E-state index in [4.69, 9.17) is 11.6 Å². The predicted molar refractivity (Wildman–Crippen MR) is 73.3 cm³/mol. The lowest BCUT2D eigenvalue weighted by Gasteiger charge is -2.20. The molecule has 0 atom stereocenters. The Morgan fingerprint density at radius 3 is 2.40 bits per heavy atom. The molecule has 6 heteroatoms. The number of hydrogen-bond acceptors (Lipinski definition) is 1. The van der Waals surface area contributed by atoms with Crippen molar-refractivity contribution < 1.29 is 18.0 Å². The molecule has 0 unspecified atom stereocenters. The van der Waals surface area contributed by atoms with Crippen LogP contribution in [0.5, 0.6) is 0 Å². The first-order chi connectivity index (χ1) is 9.31. The number of amides is 1. The highest BCUT2D eigenvalue weighted by Crippen LogP contribution is 2.17. The van der Waals surface area contributed by atoms with Gasteiger partial charge in [-0.25, -0.2) is 0 Å². The lowest BCUT2D eigenvalue weighted by atomic mass is 10.2. The Morgan fingerprint density at radius 1 is 1.30 bits per heavy atom. The van der Waals surface area contributed by atoms with E-state index < -0.39 is 18.6 Å². The fourth-order valence-corrected chi connectivity index (χ4v) is 1.58. The summed E-state index contributed by atoms with van der Waals surface area (Å²) in [5.74, 6) is -0.725. The van der Waals surface area contributed by atoms with Gasteiger partial charge in [0.05, 0.1) is 0 Å². The van der Waals surface area contributed by atoms with Crippen molar-refractivity contribution in [2.45, 2.75) is 6.18 Å². The molecule has 108 valence electrons. The molecule has 0 N–H and O–H groups in total. The van der Waals surface area contributed by atoms with E-state index in [1.807, 2.05) is 0 Å². The van der Waals surface area contributed by atoms with Crippen LogP contribution >= 0.6 is 11.6 Å². The van der Waals surface area contributed by atoms with E-state index in [9.17, 15) is 18.0 Å². The van der Waals surface area contributed by atoms with Crippen molar-refractivity contribution in [1.29, 1.82) is 0 Å². The molecule has 0 spiro atoms. The molecule has 1 aromatic carbocycles. The number of rotatable bonds is 5. The summed E-state index contributed by atoms with van der Waals surface area (Å²) in [6, 6.07) is 6.58. The van der Waals surface area contributed by atoms with E-state index in [1.54, 1.807) is 24.3 Å². The molecular weight excluding hydrogens is 291 g/mol. The van der Waals surface area contributed by atoms with Crippen LogP contribution in [-0.2, 0) is 4.79 Å². The van der Waals surface area contributed by atoms with Gasteiger partial charge in [0.25, 0.3) is 0 Å². The third-order valence-corrected chi connectivity index (χ3v) is 2.57. The molecule has 1 amide bonds. The number of halogens is 4. The minimum Gasteiger partial charge on any atom is -0.326 e. The van der Waals surface area contributed by atoms with Crippen molar-refractivity contribution >= 4 is 23.6 Å². The van der Waals surface area contributed by atoms with Gasteiger partial charge >= 0.3 is 6.18 Å². The third kappa shape index (κ3) is 5.93. The molecule has 0 bridgehead atoms. The number of nitrogens with zero attached hydrogens (tertiary/aromatic N) is 1. The fourth-order valence-electron chi connectivity index (χ4n) is 1.45. The SMILES string of the molecule is C=CCN(CC(F)(F)F)C(=O)/C=C/c1ccc(Cl)cc1. The van der Waals surface area contributed by atoms with Crippen LogP contribution in [0.1, 0.15) is 5.56 Å². The Labute approximate surface area is 120 Å². The van der Waals surface area contributed by atoms with Gasteiger partial charge in [0.2, 0.25) is 5.91 Å². The summed E-state index contributed by atoms with van der Waals surface area (Å²) in [6.07, 6.45) is -0.657. The van der Waals surface area contributed by atoms with Crippen LogP contribution in [0.3, 0.4) is 0 Å². The highest BCUT2D eigenvalue weighted by molar-refractivity contribution is 6.30. The van der Waals surface area contributed by atoms with Crippen LogP contribution in [0.2, 0.25) is 5.02 Å². The smallest absolute Gasteiger partial charge is 0.326 e. The quantitative estimate of drug-likeness (QED) is 0.596. The summed E-state index contributed by atoms with van der Waals surface area (Å²) in [7, 11) is 0. The molecule has 0 aliphatic heterocycles. The molecule has 0 radical (unpaired) electrons. The lowest BCUT2D eigenvalue weighted by molar-refractivity contribution is -0.157. The second-order valence-corrected chi connectivity index (χ2v) is 4.44. The average molecular weight is 304 g/mol. The molecule has 0 heterocycles. The van der Waals surface area contributed by atoms with Gasteiger partial charge in [-0.2, -0.15) is 13.2 Å². The highest BCUT2D eigenvalue weighted by Gasteiger charge is 2.31. The molecule has 0 fully saturated rings. The Hall–Kier alpha value is -1.75. The van der Waals surface area contributed by atoms with Crippen molar-refractivity contribution in [3.63, 3.8) is 0 Å². The van der Waals surface area contributed by atoms with Gasteiger partial charge in [-0.05, 0) is 23.8 Å². The van der Waals surface area contributed by atoms with Crippen LogP contribution < -0.4 is 0 Å². The Bertz CT molecular complexity index is 494. The molecule has 0 saturated heterocycles. The maximum atomic E-state index is 12.3. The summed E-state index contributed by atoms with van der Waals surface area (Å²) >= 11 is 5.70. The largest absolute Gasteiger partial charge is 0.406 e. The number of carbonyl (C=O) groups excluding carboxylic acids is 1. The summed E-state index contributed by atoms with van der Waals surface area (Å²) in [6.45, 7) is 1.87. The Morgan fingerprint density at radius 2 is 1.90 bits per heavy atom. The van der Waals surface area contributed by atoms with Crippen LogP contribution in [0.4, 0.5) is 13.2 Å². The maximum absolute atomic E-state index is 12.3. The standard InChI is InChI=1S/C14H13ClF3NO/c1-2-9-19(10-14(16,17)18)13(20)8-5-11-3-6-12(15)7-4-11/h2-8H,1,9-10H2/b8-5+. The first kappa shape index (κ1) is 16.3. The zero-order valence-electron chi connectivity index (χ0n) is 10.5. The summed E-state index contributed by atoms with van der Waals surface area (Å²) < 4.78 is 37.0. The van der Waals surface area contributed by atoms with E-state index in [2.05, 4.69) is 6.58 Å². The van der Waals surface area contributed by atoms with Crippen molar-refractivity contribution in [3.05, 3.63) is 53.6 Å². The minimum atomic E-state index is -4.44. The van der Waals surface area contributed by atoms with E-state index in [0.717, 1.165) is 6.08 Å². The lowest BCUT2D eigenvalue weighted by Crippen LogP contribution is -2.38. The first-order valence-electron chi connectivity index (χ1n) is 5.72. The van der Waals surface area contributed by atoms with Gasteiger partial charge in [0, 0.05) is 17.6 Å². The van der Waals surface area contributed by atoms with Crippen molar-refractivity contribution in [3.8, 4) is 0 Å². The average Bonchev–Trinajstić information content (AvgIpc) is 2.35. The predicted octanol–water partition coefficient (Wildman–Crippen LogP) is 3.93. The van der Waals surface area contributed by atoms with E-state index in [1.165, 1.54) is 12.2 Å². The zero-order valence-corrected chi connectivity index (χ0v) is 11.3. The van der Waals surface area contributed by atoms with Gasteiger partial charge in [-0.3, -0.25) is 4.79 Å². The van der Waals surface area contributed by atoms with Gasteiger partial charge in [0.15, 0.2) is 0 Å². The zero-order chi connectivity index (χ0) is 15.2. The molecule has 0 aliphatic carbocycles. The number of alkyl halides is 3. The van der Waals surface area contributed by atoms with E-state index in [0.29, 0.717) is 15.5 Å². The Kier molecular flexibility index (Phi) is 5.82. The number of carbonyl (C=O) groups is 1. The summed E-state index contributed by atoms with van der Waals surface area (Å²) in [4.78, 5) is 12.4. The highest BCUT2D eigenvalue weighted by atomic mass is 35.5. The van der Waals surface area contributed by atoms with E-state index in [-0.39, 0.29) is 6.54 Å². The maximum Gasteiger partial charge on any atom is 0.406 e. The number of benzene rings is 1. The van der Waals surface area contributed by atoms with Crippen LogP contribution in [-0.4, -0.2) is 30.1 Å². The van der Waals surface area contributed by atoms with Crippen LogP contribution in [0.25, 0.3) is 6.08 Å². The normalized spacial score (nSPS) is 11.6. The van der Waals surface area contributed by atoms with Gasteiger partial charge in [-0.1, -0.05) is 29.8 Å². The van der Waals surface area contributed by atoms with Gasteiger partial charge < -0.3 is 4.90 Å². The molecule has 20 heavy (non-hydrogen) atoms. The molecule has 1 aromatic rings. The topological polar surface area (TPSA) is 20.3 Å². The molecule has 0 aliphatic rings. The molecule has 0 aromatic heterocycles. The van der Waals surface area contributed by atoms with Gasteiger partial charge in [-0.15, -0.1) is 6.58 Å². The molecule has 1 rings (SSSR count).